The fraction of sp³-hybridized carbons (Fsp3) is 0.833. The molecule has 0 saturated carbocycles. The molecular weight excluding hydrogens is 252 g/mol. The number of rotatable bonds is 3. The van der Waals surface area contributed by atoms with Gasteiger partial charge in [0.1, 0.15) is 11.6 Å². The average Bonchev–Trinajstić information content (AvgIpc) is 2.34. The minimum atomic E-state index is -0.833. The van der Waals surface area contributed by atoms with Gasteiger partial charge in [-0.3, -0.25) is 0 Å². The van der Waals surface area contributed by atoms with Crippen LogP contribution in [0.3, 0.4) is 0 Å². The van der Waals surface area contributed by atoms with Gasteiger partial charge in [0.2, 0.25) is 0 Å². The number of methoxy groups -OCH3 is 1. The summed E-state index contributed by atoms with van der Waals surface area (Å²) in [4.78, 5) is 23.4. The summed E-state index contributed by atoms with van der Waals surface area (Å²) in [5.74, 6) is -0.533. The zero-order valence-electron chi connectivity index (χ0n) is 11.8. The van der Waals surface area contributed by atoms with Crippen LogP contribution in [0.25, 0.3) is 0 Å². The molecule has 0 aliphatic carbocycles. The lowest BCUT2D eigenvalue weighted by Gasteiger charge is -2.30. The standard InChI is InChI=1S/C12H22N2O5/c1-12(2,3)19-11(16)14-9(10(15)17-4)8-7-18-6-5-13-8/h8-9,13H,5-7H2,1-4H3,(H,14,16). The van der Waals surface area contributed by atoms with E-state index in [-0.39, 0.29) is 6.04 Å². The number of carbonyl (C=O) groups excluding carboxylic acids is 2. The molecule has 19 heavy (non-hydrogen) atoms. The van der Waals surface area contributed by atoms with E-state index >= 15 is 0 Å². The minimum absolute atomic E-state index is 0.325. The van der Waals surface area contributed by atoms with Crippen LogP contribution in [0.1, 0.15) is 20.8 Å². The fourth-order valence-electron chi connectivity index (χ4n) is 1.69. The molecule has 2 atom stereocenters. The van der Waals surface area contributed by atoms with Crippen molar-refractivity contribution in [1.29, 1.82) is 0 Å². The molecule has 0 aromatic heterocycles. The highest BCUT2D eigenvalue weighted by atomic mass is 16.6. The predicted octanol–water partition coefficient (Wildman–Crippen LogP) is 0.0411. The van der Waals surface area contributed by atoms with Crippen molar-refractivity contribution in [3.63, 3.8) is 0 Å². The van der Waals surface area contributed by atoms with Gasteiger partial charge in [-0.15, -0.1) is 0 Å². The number of morpholine rings is 1. The van der Waals surface area contributed by atoms with Crippen LogP contribution in [-0.2, 0) is 19.0 Å². The monoisotopic (exact) mass is 274 g/mol. The Labute approximate surface area is 113 Å². The molecular formula is C12H22N2O5. The number of ether oxygens (including phenoxy) is 3. The number of hydrogen-bond acceptors (Lipinski definition) is 6. The molecule has 2 unspecified atom stereocenters. The van der Waals surface area contributed by atoms with Crippen molar-refractivity contribution >= 4 is 12.1 Å². The summed E-state index contributed by atoms with van der Waals surface area (Å²) in [7, 11) is 1.27. The van der Waals surface area contributed by atoms with Gasteiger partial charge in [-0.1, -0.05) is 0 Å². The lowest BCUT2D eigenvalue weighted by Crippen LogP contribution is -2.59. The first-order valence-electron chi connectivity index (χ1n) is 6.22. The molecule has 1 amide bonds. The molecule has 0 bridgehead atoms. The fourth-order valence-corrected chi connectivity index (χ4v) is 1.69. The SMILES string of the molecule is COC(=O)C(NC(=O)OC(C)(C)C)C1COCCN1. The zero-order valence-corrected chi connectivity index (χ0v) is 11.8. The van der Waals surface area contributed by atoms with E-state index in [1.54, 1.807) is 20.8 Å². The topological polar surface area (TPSA) is 85.9 Å². The van der Waals surface area contributed by atoms with Crippen molar-refractivity contribution in [2.45, 2.75) is 38.5 Å². The zero-order chi connectivity index (χ0) is 14.5. The summed E-state index contributed by atoms with van der Waals surface area (Å²) in [5, 5.41) is 5.62. The molecule has 1 rings (SSSR count). The molecule has 7 nitrogen and oxygen atoms in total. The Morgan fingerprint density at radius 3 is 2.58 bits per heavy atom. The van der Waals surface area contributed by atoms with Crippen molar-refractivity contribution in [2.75, 3.05) is 26.9 Å². The summed E-state index contributed by atoms with van der Waals surface area (Å²) in [6.45, 7) is 6.78. The second-order valence-corrected chi connectivity index (χ2v) is 5.28. The smallest absolute Gasteiger partial charge is 0.408 e. The third kappa shape index (κ3) is 5.44. The van der Waals surface area contributed by atoms with Crippen molar-refractivity contribution in [2.24, 2.45) is 0 Å². The molecule has 2 N–H and O–H groups in total. The number of hydrogen-bond donors (Lipinski definition) is 2. The quantitative estimate of drug-likeness (QED) is 0.707. The first kappa shape index (κ1) is 15.7. The number of alkyl carbamates (subject to hydrolysis) is 1. The molecule has 1 heterocycles. The van der Waals surface area contributed by atoms with Crippen LogP contribution in [0.15, 0.2) is 0 Å². The van der Waals surface area contributed by atoms with Crippen molar-refractivity contribution in [3.05, 3.63) is 0 Å². The number of carbonyl (C=O) groups is 2. The van der Waals surface area contributed by atoms with E-state index in [0.29, 0.717) is 19.8 Å². The van der Waals surface area contributed by atoms with Crippen molar-refractivity contribution in [3.8, 4) is 0 Å². The Hall–Kier alpha value is -1.34. The van der Waals surface area contributed by atoms with Crippen LogP contribution in [0.5, 0.6) is 0 Å². The molecule has 1 aliphatic heterocycles. The number of esters is 1. The van der Waals surface area contributed by atoms with Gasteiger partial charge in [0.15, 0.2) is 0 Å². The summed E-state index contributed by atoms with van der Waals surface area (Å²) in [5.41, 5.74) is -0.624. The first-order valence-corrected chi connectivity index (χ1v) is 6.22. The van der Waals surface area contributed by atoms with Crippen molar-refractivity contribution in [1.82, 2.24) is 10.6 Å². The highest BCUT2D eigenvalue weighted by Gasteiger charge is 2.33. The van der Waals surface area contributed by atoms with Gasteiger partial charge in [0.25, 0.3) is 0 Å². The van der Waals surface area contributed by atoms with E-state index in [0.717, 1.165) is 0 Å². The van der Waals surface area contributed by atoms with E-state index in [2.05, 4.69) is 10.6 Å². The summed E-state index contributed by atoms with van der Waals surface area (Å²) in [6.07, 6.45) is -0.657. The summed E-state index contributed by atoms with van der Waals surface area (Å²) < 4.78 is 15.1. The Morgan fingerprint density at radius 2 is 2.11 bits per heavy atom. The van der Waals surface area contributed by atoms with Gasteiger partial charge in [-0.05, 0) is 20.8 Å². The van der Waals surface area contributed by atoms with Gasteiger partial charge in [0, 0.05) is 6.54 Å². The van der Waals surface area contributed by atoms with E-state index < -0.39 is 23.7 Å². The number of amides is 1. The van der Waals surface area contributed by atoms with E-state index in [9.17, 15) is 9.59 Å². The highest BCUT2D eigenvalue weighted by Crippen LogP contribution is 2.08. The molecule has 0 aromatic rings. The molecule has 1 aliphatic rings. The van der Waals surface area contributed by atoms with Crippen LogP contribution < -0.4 is 10.6 Å². The predicted molar refractivity (Wildman–Crippen MR) is 67.8 cm³/mol. The Balaban J connectivity index is 2.64. The minimum Gasteiger partial charge on any atom is -0.467 e. The normalized spacial score (nSPS) is 21.4. The molecule has 110 valence electrons. The maximum atomic E-state index is 11.7. The average molecular weight is 274 g/mol. The molecule has 1 fully saturated rings. The van der Waals surface area contributed by atoms with E-state index in [4.69, 9.17) is 14.2 Å². The lowest BCUT2D eigenvalue weighted by atomic mass is 10.1. The van der Waals surface area contributed by atoms with Crippen LogP contribution in [0.4, 0.5) is 4.79 Å². The summed E-state index contributed by atoms with van der Waals surface area (Å²) in [6, 6.07) is -1.16. The second kappa shape index (κ2) is 6.72. The van der Waals surface area contributed by atoms with Crippen LogP contribution in [-0.4, -0.2) is 56.6 Å². The molecule has 0 aromatic carbocycles. The van der Waals surface area contributed by atoms with Crippen LogP contribution in [0, 0.1) is 0 Å². The van der Waals surface area contributed by atoms with Crippen molar-refractivity contribution < 1.29 is 23.8 Å². The van der Waals surface area contributed by atoms with E-state index in [1.807, 2.05) is 0 Å². The van der Waals surface area contributed by atoms with E-state index in [1.165, 1.54) is 7.11 Å². The first-order chi connectivity index (χ1) is 8.83. The highest BCUT2D eigenvalue weighted by molar-refractivity contribution is 5.82. The van der Waals surface area contributed by atoms with Gasteiger partial charge in [0.05, 0.1) is 26.4 Å². The van der Waals surface area contributed by atoms with Gasteiger partial charge in [-0.2, -0.15) is 0 Å². The lowest BCUT2D eigenvalue weighted by molar-refractivity contribution is -0.145. The Morgan fingerprint density at radius 1 is 1.42 bits per heavy atom. The van der Waals surface area contributed by atoms with Gasteiger partial charge in [-0.25, -0.2) is 9.59 Å². The molecule has 0 radical (unpaired) electrons. The van der Waals surface area contributed by atoms with Crippen LogP contribution >= 0.6 is 0 Å². The second-order valence-electron chi connectivity index (χ2n) is 5.28. The maximum Gasteiger partial charge on any atom is 0.408 e. The largest absolute Gasteiger partial charge is 0.467 e. The van der Waals surface area contributed by atoms with Gasteiger partial charge >= 0.3 is 12.1 Å². The number of nitrogens with one attached hydrogen (secondary N) is 2. The molecule has 7 heteroatoms. The van der Waals surface area contributed by atoms with Gasteiger partial charge < -0.3 is 24.8 Å². The van der Waals surface area contributed by atoms with Crippen LogP contribution in [0.2, 0.25) is 0 Å². The third-order valence-electron chi connectivity index (χ3n) is 2.48. The Bertz CT molecular complexity index is 321. The maximum absolute atomic E-state index is 11.7. The molecule has 1 saturated heterocycles. The molecule has 0 spiro atoms. The third-order valence-corrected chi connectivity index (χ3v) is 2.48. The summed E-state index contributed by atoms with van der Waals surface area (Å²) >= 11 is 0. The Kier molecular flexibility index (Phi) is 5.56.